The lowest BCUT2D eigenvalue weighted by Crippen LogP contribution is -2.39. The molecule has 1 aromatic heterocycles. The average Bonchev–Trinajstić information content (AvgIpc) is 3.17. The average molecular weight is 427 g/mol. The standard InChI is InChI=1S/C18H22N2O4S3/c1-25-14-5-2-4-12(10-14)19-18(22)15-8-7-13(11-16(15)21)20-27(23,24)17-6-3-9-26-17/h3,6-9,11-12,14,20-21H,2,4-5,10H2,1H3,(H,19,22)/t12-,14-/m1/s1. The van der Waals surface area contributed by atoms with Gasteiger partial charge in [-0.25, -0.2) is 8.42 Å². The van der Waals surface area contributed by atoms with E-state index < -0.39 is 10.0 Å². The zero-order chi connectivity index (χ0) is 19.4. The quantitative estimate of drug-likeness (QED) is 0.655. The molecular formula is C18H22N2O4S3. The van der Waals surface area contributed by atoms with Crippen molar-refractivity contribution in [3.8, 4) is 5.75 Å². The number of rotatable bonds is 6. The molecule has 146 valence electrons. The number of hydrogen-bond donors (Lipinski definition) is 3. The van der Waals surface area contributed by atoms with E-state index in [0.29, 0.717) is 5.25 Å². The molecule has 0 saturated heterocycles. The maximum absolute atomic E-state index is 12.5. The first-order valence-electron chi connectivity index (χ1n) is 8.62. The van der Waals surface area contributed by atoms with Crippen LogP contribution in [0.5, 0.6) is 5.75 Å². The fraction of sp³-hybridized carbons (Fsp3) is 0.389. The van der Waals surface area contributed by atoms with E-state index in [1.807, 2.05) is 11.8 Å². The highest BCUT2D eigenvalue weighted by Gasteiger charge is 2.24. The van der Waals surface area contributed by atoms with Crippen LogP contribution in [0, 0.1) is 0 Å². The van der Waals surface area contributed by atoms with Crippen molar-refractivity contribution in [3.05, 3.63) is 41.3 Å². The fourth-order valence-electron chi connectivity index (χ4n) is 3.16. The van der Waals surface area contributed by atoms with Crippen LogP contribution in [0.4, 0.5) is 5.69 Å². The Morgan fingerprint density at radius 2 is 2.11 bits per heavy atom. The second-order valence-corrected chi connectivity index (χ2v) is 10.5. The molecule has 9 heteroatoms. The van der Waals surface area contributed by atoms with Gasteiger partial charge in [0.25, 0.3) is 15.9 Å². The van der Waals surface area contributed by atoms with E-state index in [2.05, 4.69) is 16.3 Å². The van der Waals surface area contributed by atoms with Gasteiger partial charge in [0, 0.05) is 17.4 Å². The molecule has 1 heterocycles. The lowest BCUT2D eigenvalue weighted by molar-refractivity contribution is 0.0926. The summed E-state index contributed by atoms with van der Waals surface area (Å²) in [5.74, 6) is -0.594. The summed E-state index contributed by atoms with van der Waals surface area (Å²) in [4.78, 5) is 12.5. The molecule has 27 heavy (non-hydrogen) atoms. The van der Waals surface area contributed by atoms with Crippen LogP contribution >= 0.6 is 23.1 Å². The Hall–Kier alpha value is -1.71. The number of phenolic OH excluding ortho intramolecular Hbond substituents is 1. The van der Waals surface area contributed by atoms with Crippen molar-refractivity contribution >= 4 is 44.7 Å². The SMILES string of the molecule is CS[C@@H]1CCC[C@@H](NC(=O)c2ccc(NS(=O)(=O)c3cccs3)cc2O)C1. The summed E-state index contributed by atoms with van der Waals surface area (Å²) in [5, 5.41) is 15.4. The van der Waals surface area contributed by atoms with Crippen LogP contribution in [0.1, 0.15) is 36.0 Å². The summed E-state index contributed by atoms with van der Waals surface area (Å²) in [6.07, 6.45) is 6.18. The Kier molecular flexibility index (Phi) is 6.33. The van der Waals surface area contributed by atoms with E-state index in [9.17, 15) is 18.3 Å². The predicted octanol–water partition coefficient (Wildman–Crippen LogP) is 3.66. The molecular weight excluding hydrogens is 404 g/mol. The van der Waals surface area contributed by atoms with Crippen molar-refractivity contribution in [3.63, 3.8) is 0 Å². The normalized spacial score (nSPS) is 20.2. The van der Waals surface area contributed by atoms with E-state index in [1.165, 1.54) is 24.3 Å². The van der Waals surface area contributed by atoms with Crippen LogP contribution in [0.2, 0.25) is 0 Å². The first-order valence-corrected chi connectivity index (χ1v) is 12.3. The molecule has 1 aliphatic rings. The Labute approximate surface area is 167 Å². The molecule has 2 aromatic rings. The van der Waals surface area contributed by atoms with Crippen LogP contribution in [0.25, 0.3) is 0 Å². The van der Waals surface area contributed by atoms with Crippen molar-refractivity contribution in [2.75, 3.05) is 11.0 Å². The number of nitrogens with one attached hydrogen (secondary N) is 2. The highest BCUT2D eigenvalue weighted by molar-refractivity contribution is 7.99. The maximum atomic E-state index is 12.5. The summed E-state index contributed by atoms with van der Waals surface area (Å²) in [6.45, 7) is 0. The molecule has 1 saturated carbocycles. The smallest absolute Gasteiger partial charge is 0.271 e. The van der Waals surface area contributed by atoms with E-state index in [-0.39, 0.29) is 33.2 Å². The molecule has 3 rings (SSSR count). The molecule has 0 bridgehead atoms. The molecule has 1 amide bonds. The third-order valence-corrected chi connectivity index (χ3v) is 8.42. The largest absolute Gasteiger partial charge is 0.507 e. The van der Waals surface area contributed by atoms with Gasteiger partial charge in [0.2, 0.25) is 0 Å². The Morgan fingerprint density at radius 1 is 1.30 bits per heavy atom. The van der Waals surface area contributed by atoms with Gasteiger partial charge in [-0.3, -0.25) is 9.52 Å². The third kappa shape index (κ3) is 4.97. The van der Waals surface area contributed by atoms with E-state index in [0.717, 1.165) is 37.0 Å². The highest BCUT2D eigenvalue weighted by atomic mass is 32.2. The molecule has 0 unspecified atom stereocenters. The molecule has 6 nitrogen and oxygen atoms in total. The summed E-state index contributed by atoms with van der Waals surface area (Å²) in [5.41, 5.74) is 0.345. The van der Waals surface area contributed by atoms with E-state index >= 15 is 0 Å². The van der Waals surface area contributed by atoms with Crippen LogP contribution in [-0.4, -0.2) is 37.0 Å². The number of carbonyl (C=O) groups is 1. The Balaban J connectivity index is 1.68. The number of phenols is 1. The number of amides is 1. The van der Waals surface area contributed by atoms with Gasteiger partial charge in [0.05, 0.1) is 11.3 Å². The summed E-state index contributed by atoms with van der Waals surface area (Å²) in [6, 6.07) is 7.42. The number of thiophene rings is 1. The Morgan fingerprint density at radius 3 is 2.78 bits per heavy atom. The zero-order valence-electron chi connectivity index (χ0n) is 14.8. The lowest BCUT2D eigenvalue weighted by atomic mass is 9.94. The number of anilines is 1. The fourth-order valence-corrected chi connectivity index (χ4v) is 6.03. The molecule has 0 aliphatic heterocycles. The summed E-state index contributed by atoms with van der Waals surface area (Å²) >= 11 is 2.92. The molecule has 0 radical (unpaired) electrons. The second-order valence-electron chi connectivity index (χ2n) is 6.46. The highest BCUT2D eigenvalue weighted by Crippen LogP contribution is 2.29. The van der Waals surface area contributed by atoms with Crippen LogP contribution in [0.3, 0.4) is 0 Å². The van der Waals surface area contributed by atoms with Gasteiger partial charge in [-0.1, -0.05) is 12.5 Å². The monoisotopic (exact) mass is 426 g/mol. The lowest BCUT2D eigenvalue weighted by Gasteiger charge is -2.28. The minimum atomic E-state index is -3.70. The molecule has 0 spiro atoms. The molecule has 2 atom stereocenters. The van der Waals surface area contributed by atoms with Crippen molar-refractivity contribution in [1.29, 1.82) is 0 Å². The van der Waals surface area contributed by atoms with Gasteiger partial charge in [0.1, 0.15) is 9.96 Å². The van der Waals surface area contributed by atoms with Gasteiger partial charge >= 0.3 is 0 Å². The number of hydrogen-bond acceptors (Lipinski definition) is 6. The second kappa shape index (κ2) is 8.53. The maximum Gasteiger partial charge on any atom is 0.271 e. The summed E-state index contributed by atoms with van der Waals surface area (Å²) in [7, 11) is -3.70. The van der Waals surface area contributed by atoms with Gasteiger partial charge in [-0.05, 0) is 49.1 Å². The van der Waals surface area contributed by atoms with Gasteiger partial charge < -0.3 is 10.4 Å². The zero-order valence-corrected chi connectivity index (χ0v) is 17.3. The molecule has 1 aromatic carbocycles. The molecule has 1 aliphatic carbocycles. The minimum Gasteiger partial charge on any atom is -0.507 e. The van der Waals surface area contributed by atoms with Crippen molar-refractivity contribution < 1.29 is 18.3 Å². The van der Waals surface area contributed by atoms with E-state index in [1.54, 1.807) is 11.4 Å². The number of thioether (sulfide) groups is 1. The van der Waals surface area contributed by atoms with Crippen molar-refractivity contribution in [2.24, 2.45) is 0 Å². The topological polar surface area (TPSA) is 95.5 Å². The Bertz CT molecular complexity index is 897. The van der Waals surface area contributed by atoms with Gasteiger partial charge in [-0.15, -0.1) is 11.3 Å². The first kappa shape index (κ1) is 20.0. The van der Waals surface area contributed by atoms with Crippen molar-refractivity contribution in [1.82, 2.24) is 5.32 Å². The van der Waals surface area contributed by atoms with Crippen LogP contribution in [0.15, 0.2) is 39.9 Å². The molecule has 3 N–H and O–H groups in total. The van der Waals surface area contributed by atoms with Gasteiger partial charge in [-0.2, -0.15) is 11.8 Å². The number of aromatic hydroxyl groups is 1. The summed E-state index contributed by atoms with van der Waals surface area (Å²) < 4.78 is 27.1. The number of carbonyl (C=O) groups excluding carboxylic acids is 1. The van der Waals surface area contributed by atoms with Gasteiger partial charge in [0.15, 0.2) is 0 Å². The molecule has 1 fully saturated rings. The van der Waals surface area contributed by atoms with Crippen LogP contribution in [-0.2, 0) is 10.0 Å². The van der Waals surface area contributed by atoms with E-state index in [4.69, 9.17) is 0 Å². The minimum absolute atomic E-state index is 0.0973. The number of benzene rings is 1. The predicted molar refractivity (Wildman–Crippen MR) is 110 cm³/mol. The first-order chi connectivity index (χ1) is 12.9. The van der Waals surface area contributed by atoms with Crippen molar-refractivity contribution in [2.45, 2.75) is 41.2 Å². The van der Waals surface area contributed by atoms with Crippen LogP contribution < -0.4 is 10.0 Å². The number of sulfonamides is 1. The third-order valence-electron chi connectivity index (χ3n) is 4.55.